The average Bonchev–Trinajstić information content (AvgIpc) is 3.38. The number of hydrogen-bond donors (Lipinski definition) is 2. The molecule has 1 aromatic carbocycles. The van der Waals surface area contributed by atoms with Gasteiger partial charge in [-0.2, -0.15) is 5.10 Å². The lowest BCUT2D eigenvalue weighted by Gasteiger charge is -2.41. The van der Waals surface area contributed by atoms with E-state index in [-0.39, 0.29) is 24.9 Å². The number of nitrogens with one attached hydrogen (secondary N) is 1. The van der Waals surface area contributed by atoms with E-state index in [1.807, 2.05) is 6.07 Å². The van der Waals surface area contributed by atoms with Gasteiger partial charge < -0.3 is 14.7 Å². The lowest BCUT2D eigenvalue weighted by molar-refractivity contribution is -0.123. The van der Waals surface area contributed by atoms with Gasteiger partial charge in [0.25, 0.3) is 5.91 Å². The molecule has 2 aromatic rings. The zero-order valence-corrected chi connectivity index (χ0v) is 14.4. The molecule has 4 rings (SSSR count). The van der Waals surface area contributed by atoms with Crippen LogP contribution in [0.25, 0.3) is 0 Å². The van der Waals surface area contributed by atoms with E-state index in [0.29, 0.717) is 31.2 Å². The van der Waals surface area contributed by atoms with E-state index in [2.05, 4.69) is 10.2 Å². The number of amides is 1. The highest BCUT2D eigenvalue weighted by molar-refractivity contribution is 5.92. The van der Waals surface area contributed by atoms with Crippen molar-refractivity contribution in [2.24, 2.45) is 0 Å². The van der Waals surface area contributed by atoms with Crippen LogP contribution in [0, 0.1) is 5.82 Å². The number of rotatable bonds is 5. The number of aromatic amines is 1. The minimum Gasteiger partial charge on any atom is -0.393 e. The Labute approximate surface area is 151 Å². The molecule has 1 unspecified atom stereocenters. The number of morpholine rings is 1. The first kappa shape index (κ1) is 17.2. The number of ether oxygens (including phenoxy) is 1. The SMILES string of the molecule is O=C(c1cc(C2CC2)[nH]n1)N1CCOC(CO)(Cc2cccc(F)c2)C1. The molecule has 138 valence electrons. The van der Waals surface area contributed by atoms with Gasteiger partial charge in [-0.1, -0.05) is 12.1 Å². The maximum atomic E-state index is 13.5. The molecule has 1 aliphatic heterocycles. The van der Waals surface area contributed by atoms with Crippen molar-refractivity contribution in [3.8, 4) is 0 Å². The Kier molecular flexibility index (Phi) is 4.50. The predicted octanol–water partition coefficient (Wildman–Crippen LogP) is 1.87. The van der Waals surface area contributed by atoms with Gasteiger partial charge in [-0.05, 0) is 36.6 Å². The Hall–Kier alpha value is -2.25. The number of halogens is 1. The number of carbonyl (C=O) groups excluding carboxylic acids is 1. The third-order valence-corrected chi connectivity index (χ3v) is 5.07. The summed E-state index contributed by atoms with van der Waals surface area (Å²) >= 11 is 0. The molecule has 2 aliphatic rings. The molecule has 1 atom stereocenters. The Bertz CT molecular complexity index is 805. The summed E-state index contributed by atoms with van der Waals surface area (Å²) in [6.45, 7) is 0.753. The minimum absolute atomic E-state index is 0.173. The van der Waals surface area contributed by atoms with Crippen molar-refractivity contribution in [2.45, 2.75) is 30.8 Å². The normalized spacial score (nSPS) is 23.2. The molecule has 26 heavy (non-hydrogen) atoms. The van der Waals surface area contributed by atoms with Crippen molar-refractivity contribution < 1.29 is 19.0 Å². The molecule has 1 aromatic heterocycles. The van der Waals surface area contributed by atoms with Crippen LogP contribution in [-0.4, -0.2) is 58.0 Å². The van der Waals surface area contributed by atoms with Crippen LogP contribution in [0.1, 0.15) is 40.5 Å². The highest BCUT2D eigenvalue weighted by Crippen LogP contribution is 2.39. The molecular weight excluding hydrogens is 337 g/mol. The van der Waals surface area contributed by atoms with Gasteiger partial charge in [0.1, 0.15) is 17.1 Å². The van der Waals surface area contributed by atoms with Gasteiger partial charge in [-0.25, -0.2) is 4.39 Å². The minimum atomic E-state index is -0.933. The number of aliphatic hydroxyl groups excluding tert-OH is 1. The van der Waals surface area contributed by atoms with Crippen molar-refractivity contribution >= 4 is 5.91 Å². The molecule has 2 fully saturated rings. The molecule has 6 nitrogen and oxygen atoms in total. The molecule has 1 saturated carbocycles. The third kappa shape index (κ3) is 3.50. The standard InChI is InChI=1S/C19H22FN3O3/c20-15-3-1-2-13(8-15)10-19(12-24)11-23(6-7-26-19)18(25)17-9-16(21-22-17)14-4-5-14/h1-3,8-9,14,24H,4-7,10-12H2,(H,21,22). The second kappa shape index (κ2) is 6.81. The molecular formula is C19H22FN3O3. The van der Waals surface area contributed by atoms with Gasteiger partial charge >= 0.3 is 0 Å². The molecule has 1 amide bonds. The van der Waals surface area contributed by atoms with Crippen molar-refractivity contribution in [1.82, 2.24) is 15.1 Å². The quantitative estimate of drug-likeness (QED) is 0.854. The van der Waals surface area contributed by atoms with E-state index in [4.69, 9.17) is 4.74 Å². The second-order valence-corrected chi connectivity index (χ2v) is 7.21. The number of aliphatic hydroxyl groups is 1. The Morgan fingerprint density at radius 3 is 3.00 bits per heavy atom. The second-order valence-electron chi connectivity index (χ2n) is 7.21. The van der Waals surface area contributed by atoms with Crippen LogP contribution in [0.5, 0.6) is 0 Å². The van der Waals surface area contributed by atoms with E-state index >= 15 is 0 Å². The Morgan fingerprint density at radius 2 is 2.27 bits per heavy atom. The molecule has 2 N–H and O–H groups in total. The number of aromatic nitrogens is 2. The van der Waals surface area contributed by atoms with E-state index in [1.165, 1.54) is 12.1 Å². The first-order chi connectivity index (χ1) is 12.6. The Morgan fingerprint density at radius 1 is 1.42 bits per heavy atom. The molecule has 0 radical (unpaired) electrons. The first-order valence-electron chi connectivity index (χ1n) is 8.92. The van der Waals surface area contributed by atoms with Crippen LogP contribution < -0.4 is 0 Å². The van der Waals surface area contributed by atoms with Crippen LogP contribution in [0.2, 0.25) is 0 Å². The number of nitrogens with zero attached hydrogens (tertiary/aromatic N) is 2. The highest BCUT2D eigenvalue weighted by atomic mass is 19.1. The summed E-state index contributed by atoms with van der Waals surface area (Å²) in [4.78, 5) is 14.5. The van der Waals surface area contributed by atoms with Crippen LogP contribution in [0.4, 0.5) is 4.39 Å². The number of hydrogen-bond acceptors (Lipinski definition) is 4. The molecule has 0 bridgehead atoms. The average molecular weight is 359 g/mol. The number of H-pyrrole nitrogens is 1. The van der Waals surface area contributed by atoms with E-state index in [9.17, 15) is 14.3 Å². The van der Waals surface area contributed by atoms with E-state index < -0.39 is 5.60 Å². The fourth-order valence-corrected chi connectivity index (χ4v) is 3.51. The molecule has 0 spiro atoms. The van der Waals surface area contributed by atoms with Crippen LogP contribution in [-0.2, 0) is 11.2 Å². The summed E-state index contributed by atoms with van der Waals surface area (Å²) in [7, 11) is 0. The van der Waals surface area contributed by atoms with Crippen LogP contribution in [0.15, 0.2) is 30.3 Å². The van der Waals surface area contributed by atoms with E-state index in [0.717, 1.165) is 24.1 Å². The van der Waals surface area contributed by atoms with Gasteiger partial charge in [-0.3, -0.25) is 9.89 Å². The van der Waals surface area contributed by atoms with Gasteiger partial charge in [0.15, 0.2) is 0 Å². The van der Waals surface area contributed by atoms with Gasteiger partial charge in [0.05, 0.1) is 19.8 Å². The summed E-state index contributed by atoms with van der Waals surface area (Å²) in [5.41, 5.74) is 1.20. The Balaban J connectivity index is 1.49. The smallest absolute Gasteiger partial charge is 0.274 e. The summed E-state index contributed by atoms with van der Waals surface area (Å²) in [6, 6.07) is 8.05. The topological polar surface area (TPSA) is 78.5 Å². The molecule has 2 heterocycles. The first-order valence-corrected chi connectivity index (χ1v) is 8.92. The van der Waals surface area contributed by atoms with Crippen LogP contribution >= 0.6 is 0 Å². The zero-order chi connectivity index (χ0) is 18.1. The highest BCUT2D eigenvalue weighted by Gasteiger charge is 2.39. The lowest BCUT2D eigenvalue weighted by atomic mass is 9.93. The van der Waals surface area contributed by atoms with Gasteiger partial charge in [-0.15, -0.1) is 0 Å². The summed E-state index contributed by atoms with van der Waals surface area (Å²) in [6.07, 6.45) is 2.60. The van der Waals surface area contributed by atoms with Gasteiger partial charge in [0.2, 0.25) is 0 Å². The maximum absolute atomic E-state index is 13.5. The fraction of sp³-hybridized carbons (Fsp3) is 0.474. The van der Waals surface area contributed by atoms with Crippen molar-refractivity contribution in [3.63, 3.8) is 0 Å². The van der Waals surface area contributed by atoms with Crippen molar-refractivity contribution in [3.05, 3.63) is 53.1 Å². The molecule has 7 heteroatoms. The summed E-state index contributed by atoms with van der Waals surface area (Å²) in [5, 5.41) is 17.1. The fourth-order valence-electron chi connectivity index (χ4n) is 3.51. The van der Waals surface area contributed by atoms with Crippen molar-refractivity contribution in [1.29, 1.82) is 0 Å². The summed E-state index contributed by atoms with van der Waals surface area (Å²) in [5.74, 6) is -0.00442. The molecule has 1 aliphatic carbocycles. The van der Waals surface area contributed by atoms with Crippen LogP contribution in [0.3, 0.4) is 0 Å². The lowest BCUT2D eigenvalue weighted by Crippen LogP contribution is -2.56. The van der Waals surface area contributed by atoms with E-state index in [1.54, 1.807) is 17.0 Å². The largest absolute Gasteiger partial charge is 0.393 e. The predicted molar refractivity (Wildman–Crippen MR) is 92.3 cm³/mol. The molecule has 1 saturated heterocycles. The summed E-state index contributed by atoms with van der Waals surface area (Å²) < 4.78 is 19.3. The van der Waals surface area contributed by atoms with Crippen molar-refractivity contribution in [2.75, 3.05) is 26.3 Å². The number of carbonyl (C=O) groups is 1. The van der Waals surface area contributed by atoms with Gasteiger partial charge in [0, 0.05) is 24.6 Å². The monoisotopic (exact) mass is 359 g/mol. The number of benzene rings is 1. The third-order valence-electron chi connectivity index (χ3n) is 5.07. The maximum Gasteiger partial charge on any atom is 0.274 e. The zero-order valence-electron chi connectivity index (χ0n) is 14.4.